The molecular formula is C11H16O4. The molecule has 4 nitrogen and oxygen atoms in total. The van der Waals surface area contributed by atoms with Crippen LogP contribution < -0.4 is 0 Å². The Balaban J connectivity index is 2.93. The van der Waals surface area contributed by atoms with Crippen molar-refractivity contribution in [1.29, 1.82) is 0 Å². The van der Waals surface area contributed by atoms with Crippen molar-refractivity contribution in [2.45, 2.75) is 33.6 Å². The molecule has 0 saturated heterocycles. The molecule has 0 heterocycles. The first-order valence-electron chi connectivity index (χ1n) is 5.04. The summed E-state index contributed by atoms with van der Waals surface area (Å²) in [7, 11) is 0. The molecule has 1 N–H and O–H groups in total. The summed E-state index contributed by atoms with van der Waals surface area (Å²) in [5, 5.41) is 9.54. The quantitative estimate of drug-likeness (QED) is 0.430. The zero-order valence-corrected chi connectivity index (χ0v) is 9.29. The van der Waals surface area contributed by atoms with Crippen LogP contribution in [-0.4, -0.2) is 23.5 Å². The lowest BCUT2D eigenvalue weighted by atomic mass is 9.90. The minimum atomic E-state index is -0.807. The van der Waals surface area contributed by atoms with Gasteiger partial charge in [0.25, 0.3) is 0 Å². The molecule has 0 aliphatic heterocycles. The lowest BCUT2D eigenvalue weighted by Gasteiger charge is -2.12. The zero-order chi connectivity index (χ0) is 11.6. The highest BCUT2D eigenvalue weighted by molar-refractivity contribution is 6.06. The molecule has 0 aromatic heterocycles. The van der Waals surface area contributed by atoms with Crippen molar-refractivity contribution in [3.63, 3.8) is 0 Å². The summed E-state index contributed by atoms with van der Waals surface area (Å²) < 4.78 is 4.63. The smallest absolute Gasteiger partial charge is 0.373 e. The zero-order valence-electron chi connectivity index (χ0n) is 9.29. The fraction of sp³-hybridized carbons (Fsp3) is 0.636. The highest BCUT2D eigenvalue weighted by Crippen LogP contribution is 2.38. The van der Waals surface area contributed by atoms with Crippen LogP contribution in [0.15, 0.2) is 11.3 Å². The van der Waals surface area contributed by atoms with Crippen molar-refractivity contribution in [3.8, 4) is 0 Å². The minimum Gasteiger partial charge on any atom is -0.502 e. The Hall–Kier alpha value is -1.32. The Morgan fingerprint density at radius 1 is 1.53 bits per heavy atom. The Morgan fingerprint density at radius 2 is 2.13 bits per heavy atom. The average Bonchev–Trinajstić information content (AvgIpc) is 2.42. The van der Waals surface area contributed by atoms with Crippen LogP contribution in [0.1, 0.15) is 33.6 Å². The molecule has 0 aromatic carbocycles. The summed E-state index contributed by atoms with van der Waals surface area (Å²) in [5.74, 6) is -1.49. The van der Waals surface area contributed by atoms with Crippen molar-refractivity contribution in [2.75, 3.05) is 6.61 Å². The molecule has 1 fully saturated rings. The molecule has 1 rings (SSSR count). The second kappa shape index (κ2) is 4.04. The van der Waals surface area contributed by atoms with Crippen molar-refractivity contribution in [1.82, 2.24) is 0 Å². The average molecular weight is 212 g/mol. The molecule has 0 unspecified atom stereocenters. The molecule has 0 radical (unpaired) electrons. The first-order chi connectivity index (χ1) is 6.90. The molecule has 0 bridgehead atoms. The monoisotopic (exact) mass is 212 g/mol. The predicted octanol–water partition coefficient (Wildman–Crippen LogP) is 1.75. The number of carbonyl (C=O) groups is 2. The van der Waals surface area contributed by atoms with E-state index in [4.69, 9.17) is 0 Å². The lowest BCUT2D eigenvalue weighted by Crippen LogP contribution is -2.20. The predicted molar refractivity (Wildman–Crippen MR) is 54.3 cm³/mol. The number of aliphatic hydroxyl groups is 1. The Kier molecular flexibility index (Phi) is 3.17. The largest absolute Gasteiger partial charge is 0.502 e. The normalized spacial score (nSPS) is 22.7. The first-order valence-corrected chi connectivity index (χ1v) is 5.04. The summed E-state index contributed by atoms with van der Waals surface area (Å²) in [5.41, 5.74) is -0.269. The third-order valence-corrected chi connectivity index (χ3v) is 2.64. The van der Waals surface area contributed by atoms with Gasteiger partial charge in [-0.25, -0.2) is 4.79 Å². The van der Waals surface area contributed by atoms with Crippen LogP contribution in [0.3, 0.4) is 0 Å². The summed E-state index contributed by atoms with van der Waals surface area (Å²) in [6.07, 6.45) is 1.10. The summed E-state index contributed by atoms with van der Waals surface area (Å²) >= 11 is 0. The number of rotatable bonds is 2. The second-order valence-corrected chi connectivity index (χ2v) is 4.26. The van der Waals surface area contributed by atoms with Gasteiger partial charge in [-0.05, 0) is 19.8 Å². The van der Waals surface area contributed by atoms with E-state index < -0.39 is 17.1 Å². The summed E-state index contributed by atoms with van der Waals surface area (Å²) in [6, 6.07) is 0. The van der Waals surface area contributed by atoms with Crippen LogP contribution in [-0.2, 0) is 14.3 Å². The Bertz CT molecular complexity index is 325. The van der Waals surface area contributed by atoms with Gasteiger partial charge in [-0.2, -0.15) is 0 Å². The van der Waals surface area contributed by atoms with Gasteiger partial charge >= 0.3 is 5.97 Å². The topological polar surface area (TPSA) is 63.6 Å². The van der Waals surface area contributed by atoms with Crippen LogP contribution in [0, 0.1) is 5.41 Å². The highest BCUT2D eigenvalue weighted by atomic mass is 16.5. The maximum Gasteiger partial charge on any atom is 0.373 e. The third kappa shape index (κ3) is 2.19. The number of ether oxygens (including phenoxy) is 1. The van der Waals surface area contributed by atoms with Crippen LogP contribution in [0.5, 0.6) is 0 Å². The lowest BCUT2D eigenvalue weighted by molar-refractivity contribution is -0.142. The van der Waals surface area contributed by atoms with Crippen molar-refractivity contribution in [2.24, 2.45) is 5.41 Å². The van der Waals surface area contributed by atoms with Crippen LogP contribution >= 0.6 is 0 Å². The molecule has 0 atom stereocenters. The van der Waals surface area contributed by atoms with Gasteiger partial charge in [0, 0.05) is 11.0 Å². The fourth-order valence-corrected chi connectivity index (χ4v) is 1.62. The molecule has 4 heteroatoms. The van der Waals surface area contributed by atoms with Gasteiger partial charge in [0.2, 0.25) is 5.76 Å². The van der Waals surface area contributed by atoms with Gasteiger partial charge in [0.1, 0.15) is 0 Å². The van der Waals surface area contributed by atoms with E-state index in [0.29, 0.717) is 12.8 Å². The number of allylic oxidation sites excluding steroid dienone is 1. The van der Waals surface area contributed by atoms with Gasteiger partial charge in [-0.3, -0.25) is 4.79 Å². The number of hydrogen-bond acceptors (Lipinski definition) is 4. The molecular weight excluding hydrogens is 196 g/mol. The maximum absolute atomic E-state index is 11.8. The number of Topliss-reactive ketones (excluding diaryl/α,β-unsaturated/α-hetero) is 1. The molecule has 1 aliphatic carbocycles. The van der Waals surface area contributed by atoms with Gasteiger partial charge in [-0.1, -0.05) is 13.8 Å². The first kappa shape index (κ1) is 11.8. The molecule has 0 amide bonds. The Labute approximate surface area is 88.9 Å². The number of esters is 1. The van der Waals surface area contributed by atoms with E-state index >= 15 is 0 Å². The molecule has 84 valence electrons. The second-order valence-electron chi connectivity index (χ2n) is 4.26. The van der Waals surface area contributed by atoms with Crippen molar-refractivity contribution >= 4 is 11.8 Å². The van der Waals surface area contributed by atoms with E-state index in [-0.39, 0.29) is 18.0 Å². The summed E-state index contributed by atoms with van der Waals surface area (Å²) in [4.78, 5) is 23.0. The Morgan fingerprint density at radius 3 is 2.53 bits per heavy atom. The number of ketones is 1. The van der Waals surface area contributed by atoms with Gasteiger partial charge < -0.3 is 9.84 Å². The molecule has 1 aliphatic rings. The molecule has 0 spiro atoms. The maximum atomic E-state index is 11.8. The van der Waals surface area contributed by atoms with E-state index in [1.165, 1.54) is 0 Å². The highest BCUT2D eigenvalue weighted by Gasteiger charge is 2.39. The molecule has 0 aromatic rings. The SMILES string of the molecule is CCOC(=O)C(O)=C1CCC(C)(C)C1=O. The molecule has 1 saturated carbocycles. The number of carbonyl (C=O) groups excluding carboxylic acids is 2. The van der Waals surface area contributed by atoms with Gasteiger partial charge in [0.15, 0.2) is 5.78 Å². The van der Waals surface area contributed by atoms with E-state index in [0.717, 1.165) is 0 Å². The van der Waals surface area contributed by atoms with E-state index in [2.05, 4.69) is 4.74 Å². The van der Waals surface area contributed by atoms with Gasteiger partial charge in [0.05, 0.1) is 6.61 Å². The van der Waals surface area contributed by atoms with Crippen molar-refractivity contribution in [3.05, 3.63) is 11.3 Å². The number of aliphatic hydroxyl groups excluding tert-OH is 1. The van der Waals surface area contributed by atoms with Crippen molar-refractivity contribution < 1.29 is 19.4 Å². The standard InChI is InChI=1S/C11H16O4/c1-4-15-10(14)8(12)7-5-6-11(2,3)9(7)13/h12H,4-6H2,1-3H3. The van der Waals surface area contributed by atoms with Crippen LogP contribution in [0.4, 0.5) is 0 Å². The minimum absolute atomic E-state index is 0.159. The molecule has 15 heavy (non-hydrogen) atoms. The van der Waals surface area contributed by atoms with Gasteiger partial charge in [-0.15, -0.1) is 0 Å². The summed E-state index contributed by atoms with van der Waals surface area (Å²) in [6.45, 7) is 5.45. The fourth-order valence-electron chi connectivity index (χ4n) is 1.62. The van der Waals surface area contributed by atoms with Crippen LogP contribution in [0.2, 0.25) is 0 Å². The van der Waals surface area contributed by atoms with E-state index in [1.807, 2.05) is 0 Å². The number of hydrogen-bond donors (Lipinski definition) is 1. The third-order valence-electron chi connectivity index (χ3n) is 2.64. The van der Waals surface area contributed by atoms with E-state index in [1.54, 1.807) is 20.8 Å². The van der Waals surface area contributed by atoms with E-state index in [9.17, 15) is 14.7 Å². The van der Waals surface area contributed by atoms with Crippen LogP contribution in [0.25, 0.3) is 0 Å².